The van der Waals surface area contributed by atoms with Crippen LogP contribution in [0.25, 0.3) is 0 Å². The molecule has 1 N–H and O–H groups in total. The Kier molecular flexibility index (Phi) is 5.17. The van der Waals surface area contributed by atoms with Gasteiger partial charge in [0.25, 0.3) is 0 Å². The van der Waals surface area contributed by atoms with Crippen LogP contribution in [0.15, 0.2) is 0 Å². The molecule has 1 unspecified atom stereocenters. The highest BCUT2D eigenvalue weighted by Gasteiger charge is 2.35. The van der Waals surface area contributed by atoms with Gasteiger partial charge in [0.15, 0.2) is 0 Å². The average molecular weight is 279 g/mol. The molecule has 0 aromatic rings. The first-order valence-electron chi connectivity index (χ1n) is 6.13. The van der Waals surface area contributed by atoms with E-state index in [9.17, 15) is 4.79 Å². The summed E-state index contributed by atoms with van der Waals surface area (Å²) in [5.41, 5.74) is 0. The number of halogens is 1. The molecule has 2 aliphatic rings. The second-order valence-electron chi connectivity index (χ2n) is 5.57. The minimum Gasteiger partial charge on any atom is -0.340 e. The summed E-state index contributed by atoms with van der Waals surface area (Å²) in [5.74, 6) is 2.19. The van der Waals surface area contributed by atoms with Crippen molar-refractivity contribution in [3.63, 3.8) is 0 Å². The predicted octanol–water partition coefficient (Wildman–Crippen LogP) is 1.62. The summed E-state index contributed by atoms with van der Waals surface area (Å²) in [4.78, 5) is 14.4. The molecule has 1 amide bonds. The molecule has 0 aliphatic carbocycles. The van der Waals surface area contributed by atoms with Crippen molar-refractivity contribution < 1.29 is 4.79 Å². The Morgan fingerprint density at radius 1 is 1.47 bits per heavy atom. The first kappa shape index (κ1) is 15.1. The Morgan fingerprint density at radius 2 is 2.12 bits per heavy atom. The Labute approximate surface area is 114 Å². The largest absolute Gasteiger partial charge is 0.340 e. The lowest BCUT2D eigenvalue weighted by Crippen LogP contribution is -2.53. The molecule has 1 atom stereocenters. The van der Waals surface area contributed by atoms with Crippen molar-refractivity contribution in [3.05, 3.63) is 0 Å². The molecule has 3 nitrogen and oxygen atoms in total. The average Bonchev–Trinajstić information content (AvgIpc) is 2.12. The molecule has 2 heterocycles. The van der Waals surface area contributed by atoms with E-state index in [4.69, 9.17) is 0 Å². The molecule has 5 heteroatoms. The molecule has 17 heavy (non-hydrogen) atoms. The van der Waals surface area contributed by atoms with Gasteiger partial charge in [-0.15, -0.1) is 12.4 Å². The van der Waals surface area contributed by atoms with Crippen LogP contribution in [0.5, 0.6) is 0 Å². The molecule has 100 valence electrons. The van der Waals surface area contributed by atoms with Crippen LogP contribution in [0.2, 0.25) is 0 Å². The lowest BCUT2D eigenvalue weighted by molar-refractivity contribution is -0.137. The molecule has 2 aliphatic heterocycles. The minimum absolute atomic E-state index is 0. The smallest absolute Gasteiger partial charge is 0.225 e. The lowest BCUT2D eigenvalue weighted by atomic mass is 9.87. The zero-order valence-corrected chi connectivity index (χ0v) is 12.5. The van der Waals surface area contributed by atoms with Crippen molar-refractivity contribution in [3.8, 4) is 0 Å². The summed E-state index contributed by atoms with van der Waals surface area (Å²) >= 11 is 1.98. The highest BCUT2D eigenvalue weighted by molar-refractivity contribution is 8.00. The molecule has 0 spiro atoms. The molecule has 2 saturated heterocycles. The van der Waals surface area contributed by atoms with Gasteiger partial charge < -0.3 is 10.2 Å². The van der Waals surface area contributed by atoms with Crippen LogP contribution in [0.3, 0.4) is 0 Å². The van der Waals surface area contributed by atoms with Gasteiger partial charge in [-0.3, -0.25) is 4.79 Å². The standard InChI is InChI=1S/C12H22N2OS.ClH/c1-9(10-6-13-7-10)11(15)14-4-5-16-12(2,3)8-14;/h9-10,13H,4-8H2,1-3H3;1H. The number of hydrogen-bond acceptors (Lipinski definition) is 3. The highest BCUT2D eigenvalue weighted by atomic mass is 35.5. The Bertz CT molecular complexity index is 282. The third-order valence-electron chi connectivity index (χ3n) is 3.65. The zero-order valence-electron chi connectivity index (χ0n) is 10.9. The van der Waals surface area contributed by atoms with Crippen LogP contribution in [-0.2, 0) is 4.79 Å². The maximum Gasteiger partial charge on any atom is 0.225 e. The number of hydrogen-bond donors (Lipinski definition) is 1. The van der Waals surface area contributed by atoms with Gasteiger partial charge in [0.2, 0.25) is 5.91 Å². The fourth-order valence-electron chi connectivity index (χ4n) is 2.36. The summed E-state index contributed by atoms with van der Waals surface area (Å²) in [5, 5.41) is 3.24. The van der Waals surface area contributed by atoms with Crippen molar-refractivity contribution >= 4 is 30.1 Å². The third-order valence-corrected chi connectivity index (χ3v) is 4.94. The van der Waals surface area contributed by atoms with Crippen molar-refractivity contribution in [1.82, 2.24) is 10.2 Å². The van der Waals surface area contributed by atoms with E-state index < -0.39 is 0 Å². The first-order chi connectivity index (χ1) is 7.49. The Hall–Kier alpha value is 0.0700. The number of carbonyl (C=O) groups excluding carboxylic acids is 1. The van der Waals surface area contributed by atoms with Crippen LogP contribution in [0.4, 0.5) is 0 Å². The number of rotatable bonds is 2. The summed E-state index contributed by atoms with van der Waals surface area (Å²) in [7, 11) is 0. The number of carbonyl (C=O) groups is 1. The van der Waals surface area contributed by atoms with Crippen LogP contribution < -0.4 is 5.32 Å². The second-order valence-corrected chi connectivity index (χ2v) is 7.38. The number of nitrogens with zero attached hydrogens (tertiary/aromatic N) is 1. The fourth-order valence-corrected chi connectivity index (χ4v) is 3.47. The molecule has 0 bridgehead atoms. The van der Waals surface area contributed by atoms with Crippen molar-refractivity contribution in [2.45, 2.75) is 25.5 Å². The molecule has 2 fully saturated rings. The maximum atomic E-state index is 12.3. The van der Waals surface area contributed by atoms with Gasteiger partial charge >= 0.3 is 0 Å². The van der Waals surface area contributed by atoms with E-state index in [1.54, 1.807) is 0 Å². The number of nitrogens with one attached hydrogen (secondary N) is 1. The first-order valence-corrected chi connectivity index (χ1v) is 7.12. The van der Waals surface area contributed by atoms with Gasteiger partial charge in [-0.05, 0) is 32.9 Å². The molecule has 0 aromatic carbocycles. The van der Waals surface area contributed by atoms with Gasteiger partial charge in [-0.25, -0.2) is 0 Å². The predicted molar refractivity (Wildman–Crippen MR) is 75.9 cm³/mol. The monoisotopic (exact) mass is 278 g/mol. The van der Waals surface area contributed by atoms with Crippen LogP contribution in [-0.4, -0.2) is 47.5 Å². The van der Waals surface area contributed by atoms with Gasteiger partial charge in [0.1, 0.15) is 0 Å². The summed E-state index contributed by atoms with van der Waals surface area (Å²) < 4.78 is 0.228. The Balaban J connectivity index is 0.00000144. The SMILES string of the molecule is CC(C(=O)N1CCSC(C)(C)C1)C1CNC1.Cl. The van der Waals surface area contributed by atoms with Crippen LogP contribution in [0.1, 0.15) is 20.8 Å². The van der Waals surface area contributed by atoms with Gasteiger partial charge in [-0.1, -0.05) is 6.92 Å². The van der Waals surface area contributed by atoms with Crippen LogP contribution >= 0.6 is 24.2 Å². The van der Waals surface area contributed by atoms with Crippen molar-refractivity contribution in [1.29, 1.82) is 0 Å². The fraction of sp³-hybridized carbons (Fsp3) is 0.917. The molecular formula is C12H23ClN2OS. The van der Waals surface area contributed by atoms with Crippen molar-refractivity contribution in [2.24, 2.45) is 11.8 Å². The summed E-state index contributed by atoms with van der Waals surface area (Å²) in [6.07, 6.45) is 0. The molecule has 0 saturated carbocycles. The van der Waals surface area contributed by atoms with Gasteiger partial charge in [-0.2, -0.15) is 11.8 Å². The van der Waals surface area contributed by atoms with E-state index in [2.05, 4.69) is 31.0 Å². The summed E-state index contributed by atoms with van der Waals surface area (Å²) in [6, 6.07) is 0. The van der Waals surface area contributed by atoms with Crippen molar-refractivity contribution in [2.75, 3.05) is 31.9 Å². The zero-order chi connectivity index (χ0) is 11.8. The van der Waals surface area contributed by atoms with Gasteiger partial charge in [0, 0.05) is 29.5 Å². The third kappa shape index (κ3) is 3.52. The Morgan fingerprint density at radius 3 is 2.59 bits per heavy atom. The van der Waals surface area contributed by atoms with Crippen LogP contribution in [0, 0.1) is 11.8 Å². The topological polar surface area (TPSA) is 32.3 Å². The summed E-state index contributed by atoms with van der Waals surface area (Å²) in [6.45, 7) is 10.4. The number of thioether (sulfide) groups is 1. The minimum atomic E-state index is 0. The normalized spacial score (nSPS) is 25.7. The molecule has 0 aromatic heterocycles. The highest BCUT2D eigenvalue weighted by Crippen LogP contribution is 2.31. The van der Waals surface area contributed by atoms with E-state index >= 15 is 0 Å². The van der Waals surface area contributed by atoms with E-state index in [1.165, 1.54) is 0 Å². The van der Waals surface area contributed by atoms with Gasteiger partial charge in [0.05, 0.1) is 0 Å². The quantitative estimate of drug-likeness (QED) is 0.833. The maximum absolute atomic E-state index is 12.3. The van der Waals surface area contributed by atoms with E-state index in [1.807, 2.05) is 11.8 Å². The van der Waals surface area contributed by atoms with E-state index in [0.29, 0.717) is 11.8 Å². The molecule has 2 rings (SSSR count). The van der Waals surface area contributed by atoms with E-state index in [0.717, 1.165) is 31.9 Å². The lowest BCUT2D eigenvalue weighted by Gasteiger charge is -2.41. The van der Waals surface area contributed by atoms with E-state index in [-0.39, 0.29) is 23.1 Å². The number of amides is 1. The molecule has 0 radical (unpaired) electrons. The second kappa shape index (κ2) is 5.81. The molecular weight excluding hydrogens is 256 g/mol.